The van der Waals surface area contributed by atoms with Gasteiger partial charge in [0.15, 0.2) is 11.5 Å². The van der Waals surface area contributed by atoms with Crippen LogP contribution in [0.5, 0.6) is 11.5 Å². The number of likely N-dealkylation sites (tertiary alicyclic amines) is 1. The summed E-state index contributed by atoms with van der Waals surface area (Å²) < 4.78 is 0. The zero-order chi connectivity index (χ0) is 13.6. The molecule has 4 heteroatoms. The van der Waals surface area contributed by atoms with E-state index in [4.69, 9.17) is 0 Å². The maximum absolute atomic E-state index is 10.0. The van der Waals surface area contributed by atoms with Gasteiger partial charge in [0.1, 0.15) is 0 Å². The SMILES string of the molecule is Br.CC(C)N1CCC[C@H]2c3ccc(O)c(O)c3CC[C@@H]21. The smallest absolute Gasteiger partial charge is 0.160 e. The Kier molecular flexibility index (Phi) is 4.65. The van der Waals surface area contributed by atoms with Crippen LogP contribution in [0.4, 0.5) is 0 Å². The maximum atomic E-state index is 10.0. The Labute approximate surface area is 131 Å². The van der Waals surface area contributed by atoms with E-state index in [0.29, 0.717) is 18.0 Å². The zero-order valence-electron chi connectivity index (χ0n) is 12.2. The number of nitrogens with zero attached hydrogens (tertiary/aromatic N) is 1. The predicted octanol–water partition coefficient (Wildman–Crippen LogP) is 3.58. The summed E-state index contributed by atoms with van der Waals surface area (Å²) in [7, 11) is 0. The minimum absolute atomic E-state index is 0. The summed E-state index contributed by atoms with van der Waals surface area (Å²) in [6.45, 7) is 5.73. The average Bonchev–Trinajstić information content (AvgIpc) is 2.41. The Morgan fingerprint density at radius 2 is 1.95 bits per heavy atom. The van der Waals surface area contributed by atoms with Crippen molar-refractivity contribution >= 4 is 17.0 Å². The fourth-order valence-corrected chi connectivity index (χ4v) is 4.00. The van der Waals surface area contributed by atoms with Crippen molar-refractivity contribution in [2.45, 2.75) is 57.5 Å². The van der Waals surface area contributed by atoms with Crippen molar-refractivity contribution < 1.29 is 10.2 Å². The highest BCUT2D eigenvalue weighted by atomic mass is 79.9. The summed E-state index contributed by atoms with van der Waals surface area (Å²) in [5, 5.41) is 19.7. The molecule has 0 bridgehead atoms. The molecular formula is C16H24BrNO2. The lowest BCUT2D eigenvalue weighted by atomic mass is 9.73. The number of rotatable bonds is 1. The van der Waals surface area contributed by atoms with Gasteiger partial charge in [0, 0.05) is 17.6 Å². The van der Waals surface area contributed by atoms with Gasteiger partial charge in [-0.05, 0) is 63.6 Å². The molecule has 1 aliphatic heterocycles. The summed E-state index contributed by atoms with van der Waals surface area (Å²) in [4.78, 5) is 2.61. The Balaban J connectivity index is 0.00000147. The summed E-state index contributed by atoms with van der Waals surface area (Å²) in [5.41, 5.74) is 2.24. The molecule has 1 heterocycles. The molecule has 0 unspecified atom stereocenters. The van der Waals surface area contributed by atoms with Gasteiger partial charge in [-0.25, -0.2) is 0 Å². The molecule has 2 N–H and O–H groups in total. The van der Waals surface area contributed by atoms with E-state index in [2.05, 4.69) is 18.7 Å². The number of halogens is 1. The van der Waals surface area contributed by atoms with Crippen LogP contribution in [0.15, 0.2) is 12.1 Å². The van der Waals surface area contributed by atoms with Gasteiger partial charge < -0.3 is 10.2 Å². The molecule has 3 rings (SSSR count). The number of piperidine rings is 1. The second-order valence-corrected chi connectivity index (χ2v) is 6.19. The summed E-state index contributed by atoms with van der Waals surface area (Å²) in [6.07, 6.45) is 4.39. The second kappa shape index (κ2) is 5.94. The first kappa shape index (κ1) is 15.6. The molecule has 0 amide bonds. The Morgan fingerprint density at radius 1 is 1.20 bits per heavy atom. The molecule has 1 aromatic carbocycles. The largest absolute Gasteiger partial charge is 0.504 e. The van der Waals surface area contributed by atoms with Gasteiger partial charge in [-0.3, -0.25) is 4.90 Å². The summed E-state index contributed by atoms with van der Waals surface area (Å²) in [5.74, 6) is 0.651. The molecule has 0 saturated carbocycles. The number of phenolic OH excluding ortho intramolecular Hbond substituents is 2. The molecule has 0 radical (unpaired) electrons. The fourth-order valence-electron chi connectivity index (χ4n) is 4.00. The van der Waals surface area contributed by atoms with Crippen LogP contribution in [0.25, 0.3) is 0 Å². The van der Waals surface area contributed by atoms with Crippen molar-refractivity contribution in [3.05, 3.63) is 23.3 Å². The second-order valence-electron chi connectivity index (χ2n) is 6.19. The lowest BCUT2D eigenvalue weighted by molar-refractivity contribution is 0.0811. The van der Waals surface area contributed by atoms with E-state index < -0.39 is 0 Å². The maximum Gasteiger partial charge on any atom is 0.160 e. The lowest BCUT2D eigenvalue weighted by Crippen LogP contribution is -2.49. The third-order valence-corrected chi connectivity index (χ3v) is 4.87. The fraction of sp³-hybridized carbons (Fsp3) is 0.625. The van der Waals surface area contributed by atoms with Gasteiger partial charge in [-0.15, -0.1) is 17.0 Å². The van der Waals surface area contributed by atoms with Crippen molar-refractivity contribution in [2.75, 3.05) is 6.54 Å². The third kappa shape index (κ3) is 2.44. The van der Waals surface area contributed by atoms with Gasteiger partial charge in [0.2, 0.25) is 0 Å². The number of benzene rings is 1. The number of fused-ring (bicyclic) bond motifs is 3. The van der Waals surface area contributed by atoms with E-state index in [0.717, 1.165) is 18.4 Å². The van der Waals surface area contributed by atoms with E-state index in [1.54, 1.807) is 6.07 Å². The van der Waals surface area contributed by atoms with Crippen LogP contribution < -0.4 is 0 Å². The minimum Gasteiger partial charge on any atom is -0.504 e. The molecule has 2 atom stereocenters. The standard InChI is InChI=1S/C16H23NO2.BrH/c1-10(2)17-9-3-4-12-11-6-8-15(18)16(19)13(11)5-7-14(12)17;/h6,8,10,12,14,18-19H,3-5,7,9H2,1-2H3;1H/t12-,14-;/m0./s1. The summed E-state index contributed by atoms with van der Waals surface area (Å²) >= 11 is 0. The van der Waals surface area contributed by atoms with Crippen LogP contribution in [0.1, 0.15) is 50.2 Å². The van der Waals surface area contributed by atoms with E-state index in [1.807, 2.05) is 6.07 Å². The molecule has 3 nitrogen and oxygen atoms in total. The average molecular weight is 342 g/mol. The number of aromatic hydroxyl groups is 2. The van der Waals surface area contributed by atoms with Crippen molar-refractivity contribution in [2.24, 2.45) is 0 Å². The van der Waals surface area contributed by atoms with Gasteiger partial charge in [0.05, 0.1) is 0 Å². The minimum atomic E-state index is 0. The van der Waals surface area contributed by atoms with Crippen LogP contribution in [-0.4, -0.2) is 33.7 Å². The summed E-state index contributed by atoms with van der Waals surface area (Å²) in [6, 6.07) is 4.85. The highest BCUT2D eigenvalue weighted by Crippen LogP contribution is 2.45. The number of phenols is 2. The first-order chi connectivity index (χ1) is 9.09. The highest BCUT2D eigenvalue weighted by molar-refractivity contribution is 8.93. The Morgan fingerprint density at radius 3 is 2.65 bits per heavy atom. The van der Waals surface area contributed by atoms with Crippen LogP contribution in [0.2, 0.25) is 0 Å². The number of hydrogen-bond acceptors (Lipinski definition) is 3. The third-order valence-electron chi connectivity index (χ3n) is 4.87. The van der Waals surface area contributed by atoms with Crippen molar-refractivity contribution in [1.82, 2.24) is 4.90 Å². The van der Waals surface area contributed by atoms with E-state index in [9.17, 15) is 10.2 Å². The van der Waals surface area contributed by atoms with Crippen LogP contribution in [-0.2, 0) is 6.42 Å². The number of hydrogen-bond donors (Lipinski definition) is 2. The zero-order valence-corrected chi connectivity index (χ0v) is 13.9. The highest BCUT2D eigenvalue weighted by Gasteiger charge is 2.38. The van der Waals surface area contributed by atoms with Gasteiger partial charge >= 0.3 is 0 Å². The monoisotopic (exact) mass is 341 g/mol. The molecular weight excluding hydrogens is 318 g/mol. The van der Waals surface area contributed by atoms with Crippen molar-refractivity contribution in [1.29, 1.82) is 0 Å². The Hall–Kier alpha value is -0.740. The quantitative estimate of drug-likeness (QED) is 0.767. The van der Waals surface area contributed by atoms with Crippen LogP contribution >= 0.6 is 17.0 Å². The molecule has 1 fully saturated rings. The first-order valence-corrected chi connectivity index (χ1v) is 7.39. The topological polar surface area (TPSA) is 43.7 Å². The van der Waals surface area contributed by atoms with E-state index >= 15 is 0 Å². The van der Waals surface area contributed by atoms with Crippen LogP contribution in [0, 0.1) is 0 Å². The van der Waals surface area contributed by atoms with Gasteiger partial charge in [-0.1, -0.05) is 6.07 Å². The molecule has 20 heavy (non-hydrogen) atoms. The van der Waals surface area contributed by atoms with Gasteiger partial charge in [-0.2, -0.15) is 0 Å². The van der Waals surface area contributed by atoms with E-state index in [-0.39, 0.29) is 28.5 Å². The molecule has 1 aromatic rings. The van der Waals surface area contributed by atoms with Gasteiger partial charge in [0.25, 0.3) is 0 Å². The molecule has 1 saturated heterocycles. The molecule has 0 aromatic heterocycles. The lowest BCUT2D eigenvalue weighted by Gasteiger charge is -2.47. The normalized spacial score (nSPS) is 25.8. The van der Waals surface area contributed by atoms with Crippen molar-refractivity contribution in [3.63, 3.8) is 0 Å². The van der Waals surface area contributed by atoms with Crippen LogP contribution in [0.3, 0.4) is 0 Å². The molecule has 2 aliphatic rings. The molecule has 112 valence electrons. The van der Waals surface area contributed by atoms with E-state index in [1.165, 1.54) is 24.9 Å². The first-order valence-electron chi connectivity index (χ1n) is 7.39. The Bertz CT molecular complexity index is 490. The molecule has 1 aliphatic carbocycles. The predicted molar refractivity (Wildman–Crippen MR) is 86.0 cm³/mol. The molecule has 0 spiro atoms. The van der Waals surface area contributed by atoms with Crippen molar-refractivity contribution in [3.8, 4) is 11.5 Å².